The quantitative estimate of drug-likeness (QED) is 0.850. The van der Waals surface area contributed by atoms with Crippen molar-refractivity contribution in [3.8, 4) is 0 Å². The van der Waals surface area contributed by atoms with Gasteiger partial charge in [0.1, 0.15) is 12.2 Å². The minimum absolute atomic E-state index is 0.211. The molecule has 2 rings (SSSR count). The zero-order valence-corrected chi connectivity index (χ0v) is 16.6. The molecule has 1 aliphatic heterocycles. The predicted octanol–water partition coefficient (Wildman–Crippen LogP) is 3.33. The first-order valence-electron chi connectivity index (χ1n) is 9.35. The van der Waals surface area contributed by atoms with Crippen LogP contribution in [0.15, 0.2) is 30.3 Å². The molecule has 0 unspecified atom stereocenters. The number of nitrogens with zero attached hydrogens (tertiary/aromatic N) is 1. The molecule has 0 radical (unpaired) electrons. The summed E-state index contributed by atoms with van der Waals surface area (Å²) in [5.41, 5.74) is 0.378. The number of carbonyl (C=O) groups is 2. The second kappa shape index (κ2) is 9.60. The van der Waals surface area contributed by atoms with E-state index in [0.29, 0.717) is 26.1 Å². The highest BCUT2D eigenvalue weighted by molar-refractivity contribution is 5.69. The van der Waals surface area contributed by atoms with Crippen LogP contribution in [0.25, 0.3) is 0 Å². The number of rotatable bonds is 5. The molecule has 1 aromatic rings. The third-order valence-electron chi connectivity index (χ3n) is 4.11. The van der Waals surface area contributed by atoms with E-state index in [9.17, 15) is 9.59 Å². The predicted molar refractivity (Wildman–Crippen MR) is 101 cm³/mol. The molecule has 0 bridgehead atoms. The second-order valence-corrected chi connectivity index (χ2v) is 7.52. The fraction of sp³-hybridized carbons (Fsp3) is 0.600. The number of piperidine rings is 1. The molecule has 1 aromatic carbocycles. The lowest BCUT2D eigenvalue weighted by molar-refractivity contribution is -0.0307. The molecule has 1 heterocycles. The van der Waals surface area contributed by atoms with Crippen molar-refractivity contribution in [3.63, 3.8) is 0 Å². The van der Waals surface area contributed by atoms with Crippen LogP contribution in [0.1, 0.15) is 39.7 Å². The van der Waals surface area contributed by atoms with Crippen LogP contribution in [-0.4, -0.2) is 54.5 Å². The molecule has 1 aliphatic rings. The molecule has 0 spiro atoms. The average molecular weight is 378 g/mol. The second-order valence-electron chi connectivity index (χ2n) is 7.52. The lowest BCUT2D eigenvalue weighted by atomic mass is 10.0. The highest BCUT2D eigenvalue weighted by atomic mass is 16.6. The number of hydrogen-bond acceptors (Lipinski definition) is 5. The number of benzene rings is 1. The smallest absolute Gasteiger partial charge is 0.410 e. The molecule has 27 heavy (non-hydrogen) atoms. The van der Waals surface area contributed by atoms with Gasteiger partial charge >= 0.3 is 12.2 Å². The summed E-state index contributed by atoms with van der Waals surface area (Å²) < 4.78 is 16.5. The number of carbonyl (C=O) groups excluding carboxylic acids is 2. The Morgan fingerprint density at radius 2 is 1.93 bits per heavy atom. The van der Waals surface area contributed by atoms with Gasteiger partial charge in [0.25, 0.3) is 0 Å². The molecule has 0 saturated carbocycles. The summed E-state index contributed by atoms with van der Waals surface area (Å²) in [6.45, 7) is 8.95. The number of hydrogen-bond donors (Lipinski definition) is 1. The van der Waals surface area contributed by atoms with Crippen molar-refractivity contribution >= 4 is 12.2 Å². The fourth-order valence-corrected chi connectivity index (χ4v) is 2.87. The maximum Gasteiger partial charge on any atom is 0.410 e. The van der Waals surface area contributed by atoms with E-state index in [1.54, 1.807) is 4.90 Å². The van der Waals surface area contributed by atoms with Gasteiger partial charge in [0, 0.05) is 13.2 Å². The normalized spacial score (nSPS) is 20.1. The van der Waals surface area contributed by atoms with Crippen molar-refractivity contribution in [3.05, 3.63) is 35.9 Å². The van der Waals surface area contributed by atoms with Gasteiger partial charge in [0.2, 0.25) is 0 Å². The van der Waals surface area contributed by atoms with Crippen LogP contribution in [0.3, 0.4) is 0 Å². The molecule has 1 N–H and O–H groups in total. The van der Waals surface area contributed by atoms with E-state index in [1.807, 2.05) is 58.0 Å². The molecule has 2 amide bonds. The van der Waals surface area contributed by atoms with E-state index >= 15 is 0 Å². The van der Waals surface area contributed by atoms with Gasteiger partial charge < -0.3 is 24.4 Å². The third kappa shape index (κ3) is 7.09. The van der Waals surface area contributed by atoms with Gasteiger partial charge in [-0.3, -0.25) is 0 Å². The van der Waals surface area contributed by atoms with Gasteiger partial charge in [0.15, 0.2) is 0 Å². The number of likely N-dealkylation sites (tertiary alicyclic amines) is 1. The van der Waals surface area contributed by atoms with Gasteiger partial charge in [0.05, 0.1) is 18.7 Å². The van der Waals surface area contributed by atoms with Crippen LogP contribution in [0.4, 0.5) is 9.59 Å². The van der Waals surface area contributed by atoms with Crippen LogP contribution in [0, 0.1) is 0 Å². The fourth-order valence-electron chi connectivity index (χ4n) is 2.87. The minimum atomic E-state index is -0.547. The molecular weight excluding hydrogens is 348 g/mol. The minimum Gasteiger partial charge on any atom is -0.445 e. The highest BCUT2D eigenvalue weighted by Gasteiger charge is 2.35. The highest BCUT2D eigenvalue weighted by Crippen LogP contribution is 2.18. The van der Waals surface area contributed by atoms with Crippen molar-refractivity contribution in [2.45, 2.75) is 58.5 Å². The Labute approximate surface area is 161 Å². The van der Waals surface area contributed by atoms with Gasteiger partial charge in [-0.2, -0.15) is 0 Å². The number of amides is 2. The Morgan fingerprint density at radius 3 is 2.56 bits per heavy atom. The summed E-state index contributed by atoms with van der Waals surface area (Å²) in [6, 6.07) is 9.29. The summed E-state index contributed by atoms with van der Waals surface area (Å²) in [4.78, 5) is 26.1. The van der Waals surface area contributed by atoms with Crippen LogP contribution in [-0.2, 0) is 20.8 Å². The average Bonchev–Trinajstić information content (AvgIpc) is 2.61. The monoisotopic (exact) mass is 378 g/mol. The largest absolute Gasteiger partial charge is 0.445 e. The summed E-state index contributed by atoms with van der Waals surface area (Å²) in [5, 5.41) is 2.87. The lowest BCUT2D eigenvalue weighted by Crippen LogP contribution is -2.56. The van der Waals surface area contributed by atoms with Crippen molar-refractivity contribution in [1.82, 2.24) is 10.2 Å². The molecule has 2 atom stereocenters. The number of alkyl carbamates (subject to hydrolysis) is 1. The molecule has 0 aliphatic carbocycles. The SMILES string of the molecule is CCO[C@H]1CN(C(=O)OC(C)(C)C)CC[C@H]1NC(=O)OCc1ccccc1. The molecule has 150 valence electrons. The Hall–Kier alpha value is -2.28. The first-order valence-corrected chi connectivity index (χ1v) is 9.35. The number of ether oxygens (including phenoxy) is 3. The Kier molecular flexibility index (Phi) is 7.47. The van der Waals surface area contributed by atoms with Crippen LogP contribution >= 0.6 is 0 Å². The third-order valence-corrected chi connectivity index (χ3v) is 4.11. The molecule has 1 fully saturated rings. The summed E-state index contributed by atoms with van der Waals surface area (Å²) in [7, 11) is 0. The Balaban J connectivity index is 1.87. The zero-order chi connectivity index (χ0) is 19.9. The lowest BCUT2D eigenvalue weighted by Gasteiger charge is -2.38. The van der Waals surface area contributed by atoms with Crippen LogP contribution in [0.5, 0.6) is 0 Å². The zero-order valence-electron chi connectivity index (χ0n) is 16.6. The van der Waals surface area contributed by atoms with Crippen molar-refractivity contribution in [1.29, 1.82) is 0 Å². The van der Waals surface area contributed by atoms with Crippen molar-refractivity contribution in [2.24, 2.45) is 0 Å². The molecular formula is C20H30N2O5. The van der Waals surface area contributed by atoms with E-state index in [0.717, 1.165) is 5.56 Å². The first-order chi connectivity index (χ1) is 12.8. The standard InChI is InChI=1S/C20H30N2O5/c1-5-25-17-13-22(19(24)27-20(2,3)4)12-11-16(17)21-18(23)26-14-15-9-7-6-8-10-15/h6-10,16-17H,5,11-14H2,1-4H3,(H,21,23)/t16-,17+/m1/s1. The van der Waals surface area contributed by atoms with Crippen molar-refractivity contribution in [2.75, 3.05) is 19.7 Å². The summed E-state index contributed by atoms with van der Waals surface area (Å²) in [5.74, 6) is 0. The van der Waals surface area contributed by atoms with Gasteiger partial charge in [-0.1, -0.05) is 30.3 Å². The van der Waals surface area contributed by atoms with Crippen molar-refractivity contribution < 1.29 is 23.8 Å². The maximum absolute atomic E-state index is 12.3. The Morgan fingerprint density at radius 1 is 1.22 bits per heavy atom. The molecule has 7 heteroatoms. The molecule has 1 saturated heterocycles. The summed E-state index contributed by atoms with van der Waals surface area (Å²) in [6.07, 6.45) is -0.582. The van der Waals surface area contributed by atoms with E-state index in [-0.39, 0.29) is 24.8 Å². The number of nitrogens with one attached hydrogen (secondary N) is 1. The van der Waals surface area contributed by atoms with Gasteiger partial charge in [-0.25, -0.2) is 9.59 Å². The molecule has 0 aromatic heterocycles. The van der Waals surface area contributed by atoms with E-state index in [1.165, 1.54) is 0 Å². The van der Waals surface area contributed by atoms with Gasteiger partial charge in [-0.15, -0.1) is 0 Å². The van der Waals surface area contributed by atoms with E-state index < -0.39 is 11.7 Å². The van der Waals surface area contributed by atoms with Crippen LogP contribution < -0.4 is 5.32 Å². The van der Waals surface area contributed by atoms with Crippen LogP contribution in [0.2, 0.25) is 0 Å². The molecule has 7 nitrogen and oxygen atoms in total. The van der Waals surface area contributed by atoms with Gasteiger partial charge in [-0.05, 0) is 39.7 Å². The summed E-state index contributed by atoms with van der Waals surface area (Å²) >= 11 is 0. The maximum atomic E-state index is 12.3. The van der Waals surface area contributed by atoms with E-state index in [4.69, 9.17) is 14.2 Å². The first kappa shape index (κ1) is 21.0. The van der Waals surface area contributed by atoms with E-state index in [2.05, 4.69) is 5.32 Å². The topological polar surface area (TPSA) is 77.1 Å². The Bertz CT molecular complexity index is 615.